The number of para-hydroxylation sites is 3. The fourth-order valence-electron chi connectivity index (χ4n) is 3.42. The second-order valence-electron chi connectivity index (χ2n) is 7.40. The van der Waals surface area contributed by atoms with Crippen LogP contribution in [0.3, 0.4) is 0 Å². The van der Waals surface area contributed by atoms with Crippen LogP contribution in [0.15, 0.2) is 42.4 Å². The molecule has 1 amide bonds. The Balaban J connectivity index is 1.53. The number of hydrogen-bond acceptors (Lipinski definition) is 6. The van der Waals surface area contributed by atoms with Crippen LogP contribution in [0.5, 0.6) is 11.5 Å². The van der Waals surface area contributed by atoms with Crippen LogP contribution in [-0.2, 0) is 4.79 Å². The number of amides is 1. The Morgan fingerprint density at radius 2 is 1.77 bits per heavy atom. The lowest BCUT2D eigenvalue weighted by atomic mass is 10.1. The van der Waals surface area contributed by atoms with Gasteiger partial charge in [-0.15, -0.1) is 0 Å². The first-order valence-electron chi connectivity index (χ1n) is 13.6. The molecular weight excluding hydrogens is 394 g/mol. The van der Waals surface area contributed by atoms with E-state index in [0.717, 1.165) is 12.1 Å². The van der Waals surface area contributed by atoms with E-state index in [1.165, 1.54) is 0 Å². The number of carbonyl (C=O) groups excluding carboxylic acids is 1. The maximum absolute atomic E-state index is 12.8. The lowest BCUT2D eigenvalue weighted by molar-refractivity contribution is -0.117. The van der Waals surface area contributed by atoms with Gasteiger partial charge in [-0.3, -0.25) is 14.6 Å². The van der Waals surface area contributed by atoms with E-state index >= 15 is 0 Å². The number of ether oxygens (including phenoxy) is 2. The molecule has 2 N–H and O–H groups in total. The molecule has 2 aromatic carbocycles. The molecule has 0 aromatic heterocycles. The second-order valence-corrected chi connectivity index (χ2v) is 7.40. The highest BCUT2D eigenvalue weighted by molar-refractivity contribution is 5.93. The molecule has 2 aromatic rings. The Bertz CT molecular complexity index is 1070. The third-order valence-corrected chi connectivity index (χ3v) is 5.06. The molecule has 0 radical (unpaired) electrons. The van der Waals surface area contributed by atoms with Gasteiger partial charge in [-0.05, 0) is 37.0 Å². The summed E-state index contributed by atoms with van der Waals surface area (Å²) in [6.45, 7) is -2.76. The van der Waals surface area contributed by atoms with Crippen LogP contribution >= 0.6 is 0 Å². The second kappa shape index (κ2) is 11.1. The summed E-state index contributed by atoms with van der Waals surface area (Å²) in [5.41, 5.74) is -1.04. The number of nitrogens with one attached hydrogen (secondary N) is 1. The van der Waals surface area contributed by atoms with Crippen molar-refractivity contribution in [2.75, 3.05) is 58.3 Å². The molecule has 1 aliphatic heterocycles. The molecule has 3 rings (SSSR count). The van der Waals surface area contributed by atoms with Gasteiger partial charge in [-0.1, -0.05) is 30.3 Å². The van der Waals surface area contributed by atoms with Gasteiger partial charge >= 0.3 is 0 Å². The summed E-state index contributed by atoms with van der Waals surface area (Å²) in [6.07, 6.45) is -0.730. The molecule has 1 atom stereocenters. The number of aryl methyl sites for hydroxylation is 2. The maximum atomic E-state index is 12.8. The number of rotatable bonds is 9. The zero-order valence-corrected chi connectivity index (χ0v) is 17.6. The average molecular weight is 435 g/mol. The number of anilines is 1. The number of aliphatic hydroxyl groups is 1. The van der Waals surface area contributed by atoms with E-state index in [0.29, 0.717) is 44.2 Å². The zero-order valence-electron chi connectivity index (χ0n) is 24.6. The first-order chi connectivity index (χ1) is 17.8. The van der Waals surface area contributed by atoms with Crippen molar-refractivity contribution >= 4 is 11.6 Å². The van der Waals surface area contributed by atoms with Gasteiger partial charge in [0.15, 0.2) is 11.5 Å². The normalized spacial score (nSPS) is 20.1. The van der Waals surface area contributed by atoms with Gasteiger partial charge in [0, 0.05) is 46.6 Å². The summed E-state index contributed by atoms with van der Waals surface area (Å²) >= 11 is 0. The molecule has 7 nitrogen and oxygen atoms in total. The van der Waals surface area contributed by atoms with E-state index in [-0.39, 0.29) is 36.0 Å². The molecule has 0 spiro atoms. The predicted octanol–water partition coefficient (Wildman–Crippen LogP) is 2.31. The maximum Gasteiger partial charge on any atom is 0.238 e. The van der Waals surface area contributed by atoms with Crippen molar-refractivity contribution in [1.82, 2.24) is 9.80 Å². The molecule has 1 saturated heterocycles. The van der Waals surface area contributed by atoms with Gasteiger partial charge in [0.2, 0.25) is 5.91 Å². The Morgan fingerprint density at radius 1 is 1.13 bits per heavy atom. The highest BCUT2D eigenvalue weighted by atomic mass is 16.5. The van der Waals surface area contributed by atoms with E-state index in [1.54, 1.807) is 19.2 Å². The van der Waals surface area contributed by atoms with Crippen LogP contribution in [0.4, 0.5) is 5.69 Å². The van der Waals surface area contributed by atoms with Gasteiger partial charge in [0.1, 0.15) is 12.7 Å². The van der Waals surface area contributed by atoms with Gasteiger partial charge in [0.25, 0.3) is 0 Å². The van der Waals surface area contributed by atoms with E-state index in [1.807, 2.05) is 17.0 Å². The number of β-amino-alcohol motifs (C(OH)–C–C–N with tert-alkyl or cyclic N) is 1. The molecule has 1 heterocycles. The lowest BCUT2D eigenvalue weighted by Gasteiger charge is -2.35. The summed E-state index contributed by atoms with van der Waals surface area (Å²) in [7, 11) is 1.55. The topological polar surface area (TPSA) is 74.3 Å². The monoisotopic (exact) mass is 434 g/mol. The van der Waals surface area contributed by atoms with E-state index in [9.17, 15) is 9.90 Å². The zero-order chi connectivity index (χ0) is 28.1. The third kappa shape index (κ3) is 6.69. The smallest absolute Gasteiger partial charge is 0.238 e. The Morgan fingerprint density at radius 3 is 2.42 bits per heavy atom. The van der Waals surface area contributed by atoms with E-state index < -0.39 is 25.7 Å². The largest absolute Gasteiger partial charge is 0.493 e. The van der Waals surface area contributed by atoms with Crippen molar-refractivity contribution in [3.8, 4) is 11.5 Å². The van der Waals surface area contributed by atoms with Crippen LogP contribution in [0.2, 0.25) is 0 Å². The van der Waals surface area contributed by atoms with Crippen LogP contribution in [0.25, 0.3) is 0 Å². The SMILES string of the molecule is [2H]c1cc(C([2H])([2H])[2H])c(NC(=O)CN2CCN(CC(O)COc3ccccc3OC)CC2)c(C([2H])([2H])[2H])c1. The Kier molecular flexibility index (Phi) is 5.47. The number of hydrogen-bond donors (Lipinski definition) is 2. The van der Waals surface area contributed by atoms with Crippen molar-refractivity contribution in [3.63, 3.8) is 0 Å². The molecule has 31 heavy (non-hydrogen) atoms. The highest BCUT2D eigenvalue weighted by Crippen LogP contribution is 2.25. The molecule has 168 valence electrons. The van der Waals surface area contributed by atoms with Gasteiger partial charge in [-0.2, -0.15) is 0 Å². The molecule has 7 heteroatoms. The van der Waals surface area contributed by atoms with Crippen LogP contribution in [0.1, 0.15) is 20.7 Å². The van der Waals surface area contributed by atoms with Gasteiger partial charge < -0.3 is 19.9 Å². The molecule has 1 fully saturated rings. The Labute approximate surface area is 194 Å². The summed E-state index contributed by atoms with van der Waals surface area (Å²) in [4.78, 5) is 16.7. The molecule has 0 aliphatic carbocycles. The number of methoxy groups -OCH3 is 1. The van der Waals surface area contributed by atoms with Crippen molar-refractivity contribution in [1.29, 1.82) is 0 Å². The quantitative estimate of drug-likeness (QED) is 0.631. The van der Waals surface area contributed by atoms with Crippen molar-refractivity contribution < 1.29 is 29.0 Å². The molecule has 0 saturated carbocycles. The number of piperazine rings is 1. The van der Waals surface area contributed by atoms with Crippen molar-refractivity contribution in [3.05, 3.63) is 53.6 Å². The first kappa shape index (κ1) is 15.2. The van der Waals surface area contributed by atoms with Crippen LogP contribution < -0.4 is 14.8 Å². The fraction of sp³-hybridized carbons (Fsp3) is 0.458. The molecular formula is C24H33N3O4. The summed E-state index contributed by atoms with van der Waals surface area (Å²) in [5.74, 6) is 0.585. The van der Waals surface area contributed by atoms with E-state index in [2.05, 4.69) is 10.2 Å². The molecule has 1 unspecified atom stereocenters. The third-order valence-electron chi connectivity index (χ3n) is 5.06. The van der Waals surface area contributed by atoms with Crippen molar-refractivity contribution in [2.45, 2.75) is 19.8 Å². The minimum atomic E-state index is -2.71. The number of benzene rings is 2. The number of aliphatic hydroxyl groups excluding tert-OH is 1. The molecule has 0 bridgehead atoms. The van der Waals surface area contributed by atoms with Crippen molar-refractivity contribution in [2.24, 2.45) is 0 Å². The average Bonchev–Trinajstić information content (AvgIpc) is 2.83. The summed E-state index contributed by atoms with van der Waals surface area (Å²) < 4.78 is 65.2. The number of nitrogens with zero attached hydrogens (tertiary/aromatic N) is 2. The van der Waals surface area contributed by atoms with Crippen LogP contribution in [0, 0.1) is 13.7 Å². The predicted molar refractivity (Wildman–Crippen MR) is 122 cm³/mol. The summed E-state index contributed by atoms with van der Waals surface area (Å²) in [6, 6.07) is 9.03. The van der Waals surface area contributed by atoms with E-state index in [4.69, 9.17) is 19.1 Å². The fourth-order valence-corrected chi connectivity index (χ4v) is 3.42. The lowest BCUT2D eigenvalue weighted by Crippen LogP contribution is -2.50. The van der Waals surface area contributed by atoms with Gasteiger partial charge in [-0.25, -0.2) is 0 Å². The Hall–Kier alpha value is -2.61. The summed E-state index contributed by atoms with van der Waals surface area (Å²) in [5, 5.41) is 12.9. The molecule has 1 aliphatic rings. The number of carbonyl (C=O) groups is 1. The van der Waals surface area contributed by atoms with Crippen LogP contribution in [-0.4, -0.2) is 79.9 Å². The first-order valence-corrected chi connectivity index (χ1v) is 10.1. The standard InChI is InChI=1S/C24H33N3O4/c1-18-7-6-8-19(2)24(18)25-23(29)16-27-13-11-26(12-14-27)15-20(28)17-31-22-10-5-4-9-21(22)30-3/h4-10,20,28H,11-17H2,1-3H3,(H,25,29)/i1D3,2D3,6D. The minimum absolute atomic E-state index is 0.0587. The highest BCUT2D eigenvalue weighted by Gasteiger charge is 2.21. The minimum Gasteiger partial charge on any atom is -0.493 e. The van der Waals surface area contributed by atoms with Gasteiger partial charge in [0.05, 0.1) is 15.0 Å².